The summed E-state index contributed by atoms with van der Waals surface area (Å²) in [6.45, 7) is 10.4. The molecule has 7 heteroatoms. The third kappa shape index (κ3) is 11.6. The zero-order valence-corrected chi connectivity index (χ0v) is 28.2. The lowest BCUT2D eigenvalue weighted by molar-refractivity contribution is -0.146. The van der Waals surface area contributed by atoms with Gasteiger partial charge in [-0.2, -0.15) is 0 Å². The number of nitrogens with zero attached hydrogens (tertiary/aromatic N) is 1. The van der Waals surface area contributed by atoms with Gasteiger partial charge in [-0.15, -0.1) is 11.6 Å². The van der Waals surface area contributed by atoms with Crippen molar-refractivity contribution in [2.75, 3.05) is 25.7 Å². The quantitative estimate of drug-likeness (QED) is 0.0736. The van der Waals surface area contributed by atoms with Gasteiger partial charge in [0.25, 0.3) is 0 Å². The van der Waals surface area contributed by atoms with Crippen LogP contribution in [0.5, 0.6) is 5.75 Å². The zero-order chi connectivity index (χ0) is 31.5. The van der Waals surface area contributed by atoms with Crippen LogP contribution in [-0.4, -0.2) is 43.4 Å². The maximum atomic E-state index is 13.4. The van der Waals surface area contributed by atoms with Gasteiger partial charge in [0.15, 0.2) is 0 Å². The molecule has 2 unspecified atom stereocenters. The highest BCUT2D eigenvalue weighted by molar-refractivity contribution is 6.20. The Morgan fingerprint density at radius 1 is 0.791 bits per heavy atom. The van der Waals surface area contributed by atoms with Gasteiger partial charge in [0.1, 0.15) is 11.7 Å². The molecule has 0 fully saturated rings. The van der Waals surface area contributed by atoms with Crippen LogP contribution in [0.25, 0.3) is 0 Å². The first-order valence-electron chi connectivity index (χ1n) is 16.9. The molecule has 0 saturated carbocycles. The van der Waals surface area contributed by atoms with E-state index in [0.29, 0.717) is 29.3 Å². The van der Waals surface area contributed by atoms with Gasteiger partial charge in [0.05, 0.1) is 37.0 Å². The Kier molecular flexibility index (Phi) is 18.3. The Balaban J connectivity index is 2.22. The largest absolute Gasteiger partial charge is 0.494 e. The smallest absolute Gasteiger partial charge is 0.336 e. The number of aliphatic imine (C=N–C) groups is 1. The van der Waals surface area contributed by atoms with E-state index in [1.54, 1.807) is 20.8 Å². The average molecular weight is 618 g/mol. The molecule has 0 saturated heterocycles. The van der Waals surface area contributed by atoms with Crippen LogP contribution in [0, 0.1) is 5.92 Å². The van der Waals surface area contributed by atoms with Crippen LogP contribution in [0.15, 0.2) is 34.5 Å². The number of ether oxygens (including phenoxy) is 3. The van der Waals surface area contributed by atoms with Gasteiger partial charge in [0, 0.05) is 17.2 Å². The van der Waals surface area contributed by atoms with Crippen molar-refractivity contribution in [1.29, 1.82) is 0 Å². The number of hydrogen-bond donors (Lipinski definition) is 0. The summed E-state index contributed by atoms with van der Waals surface area (Å²) in [7, 11) is 0. The van der Waals surface area contributed by atoms with Crippen LogP contribution in [0.4, 0.5) is 0 Å². The molecule has 43 heavy (non-hydrogen) atoms. The van der Waals surface area contributed by atoms with E-state index >= 15 is 0 Å². The predicted octanol–water partition coefficient (Wildman–Crippen LogP) is 9.51. The number of unbranched alkanes of at least 4 members (excludes halogenated alkanes) is 12. The van der Waals surface area contributed by atoms with Crippen molar-refractivity contribution in [1.82, 2.24) is 0 Å². The lowest BCUT2D eigenvalue weighted by Gasteiger charge is -2.34. The molecule has 1 aromatic carbocycles. The molecule has 0 amide bonds. The van der Waals surface area contributed by atoms with Crippen molar-refractivity contribution >= 4 is 29.3 Å². The molecule has 0 aliphatic carbocycles. The number of benzene rings is 1. The first-order chi connectivity index (χ1) is 20.9. The van der Waals surface area contributed by atoms with Gasteiger partial charge in [0.2, 0.25) is 0 Å². The highest BCUT2D eigenvalue weighted by Gasteiger charge is 2.45. The lowest BCUT2D eigenvalue weighted by Crippen LogP contribution is -2.37. The zero-order valence-electron chi connectivity index (χ0n) is 27.5. The fourth-order valence-corrected chi connectivity index (χ4v) is 6.31. The number of esters is 2. The Morgan fingerprint density at radius 2 is 1.37 bits per heavy atom. The Labute approximate surface area is 266 Å². The third-order valence-electron chi connectivity index (χ3n) is 8.20. The van der Waals surface area contributed by atoms with Crippen LogP contribution in [0.1, 0.15) is 135 Å². The molecule has 6 nitrogen and oxygen atoms in total. The maximum Gasteiger partial charge on any atom is 0.336 e. The summed E-state index contributed by atoms with van der Waals surface area (Å²) in [5, 5.41) is 0. The molecule has 1 aliphatic heterocycles. The van der Waals surface area contributed by atoms with Gasteiger partial charge in [-0.1, -0.05) is 96.1 Å². The van der Waals surface area contributed by atoms with Crippen molar-refractivity contribution in [2.24, 2.45) is 10.9 Å². The molecule has 0 aromatic heterocycles. The predicted molar refractivity (Wildman–Crippen MR) is 177 cm³/mol. The molecule has 2 atom stereocenters. The summed E-state index contributed by atoms with van der Waals surface area (Å²) in [4.78, 5) is 31.5. The number of carbonyl (C=O) groups excluding carboxylic acids is 2. The number of allylic oxidation sites excluding steroid dienone is 1. The van der Waals surface area contributed by atoms with Crippen molar-refractivity contribution < 1.29 is 23.8 Å². The second-order valence-corrected chi connectivity index (χ2v) is 11.7. The number of halogens is 1. The molecule has 0 N–H and O–H groups in total. The van der Waals surface area contributed by atoms with E-state index in [4.69, 9.17) is 25.8 Å². The van der Waals surface area contributed by atoms with Crippen molar-refractivity contribution in [3.8, 4) is 5.75 Å². The van der Waals surface area contributed by atoms with Crippen LogP contribution in [0.2, 0.25) is 0 Å². The summed E-state index contributed by atoms with van der Waals surface area (Å²) in [5.41, 5.74) is 3.23. The van der Waals surface area contributed by atoms with Gasteiger partial charge in [-0.05, 0) is 52.2 Å². The van der Waals surface area contributed by atoms with Crippen molar-refractivity contribution in [3.63, 3.8) is 0 Å². The number of alkyl halides is 1. The molecule has 1 heterocycles. The Morgan fingerprint density at radius 3 is 1.91 bits per heavy atom. The minimum Gasteiger partial charge on any atom is -0.494 e. The lowest BCUT2D eigenvalue weighted by atomic mass is 9.73. The average Bonchev–Trinajstić information content (AvgIpc) is 2.99. The molecule has 1 aromatic rings. The highest BCUT2D eigenvalue weighted by atomic mass is 35.5. The second-order valence-electron chi connectivity index (χ2n) is 11.4. The fraction of sp³-hybridized carbons (Fsp3) is 0.694. The summed E-state index contributed by atoms with van der Waals surface area (Å²) in [5.74, 6) is -1.67. The summed E-state index contributed by atoms with van der Waals surface area (Å²) < 4.78 is 17.1. The maximum absolute atomic E-state index is 13.4. The Bertz CT molecular complexity index is 1050. The van der Waals surface area contributed by atoms with E-state index in [1.807, 2.05) is 19.1 Å². The molecule has 0 spiro atoms. The van der Waals surface area contributed by atoms with Crippen LogP contribution < -0.4 is 4.74 Å². The first-order valence-corrected chi connectivity index (χ1v) is 17.4. The minimum absolute atomic E-state index is 0.0303. The highest BCUT2D eigenvalue weighted by Crippen LogP contribution is 2.45. The fourth-order valence-electron chi connectivity index (χ4n) is 6.11. The van der Waals surface area contributed by atoms with Crippen LogP contribution >= 0.6 is 11.6 Å². The van der Waals surface area contributed by atoms with Crippen LogP contribution in [-0.2, 0) is 25.5 Å². The molecule has 242 valence electrons. The van der Waals surface area contributed by atoms with Gasteiger partial charge >= 0.3 is 11.9 Å². The minimum atomic E-state index is -0.779. The summed E-state index contributed by atoms with van der Waals surface area (Å²) in [6.07, 6.45) is 17.6. The normalized spacial score (nSPS) is 16.7. The Hall–Kier alpha value is -2.34. The summed E-state index contributed by atoms with van der Waals surface area (Å²) >= 11 is 6.34. The third-order valence-corrected chi connectivity index (χ3v) is 8.45. The molecule has 2 rings (SSSR count). The van der Waals surface area contributed by atoms with Crippen molar-refractivity contribution in [2.45, 2.75) is 130 Å². The van der Waals surface area contributed by atoms with E-state index in [2.05, 4.69) is 18.0 Å². The van der Waals surface area contributed by atoms with E-state index in [9.17, 15) is 9.59 Å². The number of aryl methyl sites for hydroxylation is 1. The summed E-state index contributed by atoms with van der Waals surface area (Å²) in [6, 6.07) is 5.99. The van der Waals surface area contributed by atoms with E-state index < -0.39 is 23.8 Å². The van der Waals surface area contributed by atoms with E-state index in [-0.39, 0.29) is 19.1 Å². The SMILES string of the molecule is CCCCCCCCCCCCCCCc1cccc(OCC)c1C1C(C(=O)OCC)=C(CCl)N=C(C)C1C(=O)OCC. The molecule has 0 bridgehead atoms. The topological polar surface area (TPSA) is 74.2 Å². The standard InChI is InChI=1S/C36H56ClNO5/c1-6-10-11-12-13-14-15-16-17-18-19-20-21-23-28-24-22-25-30(41-7-2)32(28)34-31(35(39)42-8-3)27(5)38-29(26-37)33(34)36(40)43-9-4/h22,24-25,31,34H,6-21,23,26H2,1-5H3. The number of hydrogen-bond acceptors (Lipinski definition) is 6. The molecule has 0 radical (unpaired) electrons. The monoisotopic (exact) mass is 617 g/mol. The van der Waals surface area contributed by atoms with Crippen LogP contribution in [0.3, 0.4) is 0 Å². The first kappa shape index (κ1) is 36.8. The molecular formula is C36H56ClNO5. The van der Waals surface area contributed by atoms with Gasteiger partial charge in [-0.3, -0.25) is 9.79 Å². The molecular weight excluding hydrogens is 562 g/mol. The van der Waals surface area contributed by atoms with Gasteiger partial charge in [-0.25, -0.2) is 4.79 Å². The van der Waals surface area contributed by atoms with E-state index in [1.165, 1.54) is 70.6 Å². The number of carbonyl (C=O) groups is 2. The molecule has 1 aliphatic rings. The van der Waals surface area contributed by atoms with Crippen molar-refractivity contribution in [3.05, 3.63) is 40.6 Å². The number of rotatable bonds is 22. The van der Waals surface area contributed by atoms with E-state index in [0.717, 1.165) is 30.4 Å². The van der Waals surface area contributed by atoms with Gasteiger partial charge < -0.3 is 14.2 Å². The second kappa shape index (κ2) is 21.4.